The van der Waals surface area contributed by atoms with E-state index in [1.807, 2.05) is 6.07 Å². The number of non-ortho nitro benzene ring substituents is 1. The summed E-state index contributed by atoms with van der Waals surface area (Å²) in [5, 5.41) is 123. The summed E-state index contributed by atoms with van der Waals surface area (Å²) in [6.07, 6.45) is 5.44. The minimum absolute atomic E-state index is 0.0107. The number of nitriles is 1. The zero-order valence-corrected chi connectivity index (χ0v) is 69.7. The summed E-state index contributed by atoms with van der Waals surface area (Å²) < 4.78 is 47.6. The van der Waals surface area contributed by atoms with E-state index < -0.39 is 180 Å². The van der Waals surface area contributed by atoms with Gasteiger partial charge in [0.2, 0.25) is 33.5 Å². The number of nitro benzene ring substituents is 2. The van der Waals surface area contributed by atoms with E-state index in [2.05, 4.69) is 24.8 Å². The van der Waals surface area contributed by atoms with Gasteiger partial charge in [0.05, 0.1) is 102 Å². The van der Waals surface area contributed by atoms with Crippen LogP contribution < -0.4 is 0 Å². The monoisotopic (exact) mass is 1800 g/mol. The van der Waals surface area contributed by atoms with Gasteiger partial charge in [-0.3, -0.25) is 125 Å². The molecule has 0 N–H and O–H groups in total. The summed E-state index contributed by atoms with van der Waals surface area (Å²) in [6, 6.07) is 30.7. The van der Waals surface area contributed by atoms with Gasteiger partial charge < -0.3 is 24.2 Å². The lowest BCUT2D eigenvalue weighted by Crippen LogP contribution is -2.39. The van der Waals surface area contributed by atoms with E-state index in [0.717, 1.165) is 61.5 Å². The van der Waals surface area contributed by atoms with Crippen LogP contribution in [0.1, 0.15) is 141 Å². The number of hydrogen-bond acceptors (Lipinski definition) is 33. The molecule has 0 spiro atoms. The van der Waals surface area contributed by atoms with Crippen LogP contribution in [0.15, 0.2) is 174 Å². The van der Waals surface area contributed by atoms with E-state index in [1.165, 1.54) is 98.5 Å². The second-order valence-corrected chi connectivity index (χ2v) is 29.8. The van der Waals surface area contributed by atoms with Crippen molar-refractivity contribution in [1.82, 2.24) is 39.5 Å². The van der Waals surface area contributed by atoms with E-state index in [-0.39, 0.29) is 60.6 Å². The molecular formula is C78H73N20O28S2-. The van der Waals surface area contributed by atoms with Crippen LogP contribution in [0.2, 0.25) is 0 Å². The van der Waals surface area contributed by atoms with Gasteiger partial charge in [-0.05, 0) is 119 Å². The highest BCUT2D eigenvalue weighted by Gasteiger charge is 2.43. The molecule has 50 heteroatoms. The quantitative estimate of drug-likeness (QED) is 0.0163. The zero-order chi connectivity index (χ0) is 94.9. The fourth-order valence-electron chi connectivity index (χ4n) is 13.3. The molecule has 1 aliphatic rings. The molecule has 4 amide bonds. The van der Waals surface area contributed by atoms with Gasteiger partial charge in [0.1, 0.15) is 71.2 Å². The van der Waals surface area contributed by atoms with Crippen LogP contribution in [0.25, 0.3) is 4.85 Å². The maximum Gasteiger partial charge on any atom is 0.298 e. The van der Waals surface area contributed by atoms with Crippen molar-refractivity contribution in [3.05, 3.63) is 333 Å². The minimum atomic E-state index is -3.82. The molecule has 5 heterocycles. The first kappa shape index (κ1) is 98.7. The van der Waals surface area contributed by atoms with E-state index in [0.29, 0.717) is 88.5 Å². The molecule has 1 saturated heterocycles. The molecule has 10 rings (SSSR count). The van der Waals surface area contributed by atoms with Crippen molar-refractivity contribution in [3.63, 3.8) is 0 Å². The van der Waals surface area contributed by atoms with Crippen molar-refractivity contribution in [3.8, 4) is 6.07 Å². The largest absolute Gasteiger partial charge is 0.772 e. The SMILES string of the molecule is CCN(CC)C(=O)C(c1ccc(CS(=O)[O-])cc1)c1ncc([N+](=O)[O-])cc1[N+](=O)[O-].CCN(CC)C(=O)C(c1ccc(S(=O)(=O)c2ccccc2)cc1)c1ncc([N+](=O)[O-])cc1[N+](=O)[O-].O=C(C(c1ccc([N+](=O)[O-])cc1[N+](=O)[O-])c1ncc([N+](=O)[O-])cc1[N+](=O)[O-])N1CCCCC1.[C-]#[N+]c1ccc(C(C(=O)N(CC)CC)c2ncc([N+](=O)[O-])cc2[N+](=O)[O-])c(C#N)c1. The third-order valence-electron chi connectivity index (χ3n) is 19.6. The highest BCUT2D eigenvalue weighted by molar-refractivity contribution is 7.91. The smallest absolute Gasteiger partial charge is 0.298 e. The number of likely N-dealkylation sites (N-methyl/N-ethyl adjacent to an activating group) is 3. The summed E-state index contributed by atoms with van der Waals surface area (Å²) in [7, 11) is -3.82. The van der Waals surface area contributed by atoms with Crippen LogP contribution >= 0.6 is 0 Å². The lowest BCUT2D eigenvalue weighted by atomic mass is 9.88. The van der Waals surface area contributed by atoms with E-state index in [4.69, 9.17) is 6.57 Å². The first-order chi connectivity index (χ1) is 60.7. The molecule has 0 radical (unpaired) electrons. The Morgan fingerprint density at radius 3 is 1.12 bits per heavy atom. The topological polar surface area (TPSA) is 667 Å². The van der Waals surface area contributed by atoms with Crippen LogP contribution in [0.5, 0.6) is 0 Å². The maximum atomic E-state index is 13.5. The highest BCUT2D eigenvalue weighted by Crippen LogP contribution is 2.43. The van der Waals surface area contributed by atoms with E-state index in [9.17, 15) is 143 Å². The number of rotatable bonds is 32. The Kier molecular flexibility index (Phi) is 34.4. The Bertz CT molecular complexity index is 5970. The highest BCUT2D eigenvalue weighted by atomic mass is 32.2. The van der Waals surface area contributed by atoms with Gasteiger partial charge in [-0.25, -0.2) is 33.2 Å². The maximum absolute atomic E-state index is 13.5. The molecule has 1 fully saturated rings. The number of carbonyl (C=O) groups excluding carboxylic acids is 4. The Hall–Kier alpha value is -16.4. The number of amides is 4. The van der Waals surface area contributed by atoms with Gasteiger partial charge in [0, 0.05) is 75.3 Å². The van der Waals surface area contributed by atoms with Gasteiger partial charge in [-0.2, -0.15) is 5.26 Å². The molecule has 1 aliphatic heterocycles. The third kappa shape index (κ3) is 23.7. The first-order valence-corrected chi connectivity index (χ1v) is 40.6. The Morgan fingerprint density at radius 1 is 0.438 bits per heavy atom. The van der Waals surface area contributed by atoms with E-state index in [1.54, 1.807) is 59.7 Å². The lowest BCUT2D eigenvalue weighted by molar-refractivity contribution is -0.395. The number of piperidine rings is 1. The second kappa shape index (κ2) is 44.6. The van der Waals surface area contributed by atoms with Gasteiger partial charge in [-0.1, -0.05) is 77.8 Å². The van der Waals surface area contributed by atoms with Crippen LogP contribution in [-0.4, -0.2) is 182 Å². The molecule has 0 aliphatic carbocycles. The van der Waals surface area contributed by atoms with Gasteiger partial charge in [0.25, 0.3) is 56.9 Å². The molecule has 0 saturated carbocycles. The predicted octanol–water partition coefficient (Wildman–Crippen LogP) is 12.2. The van der Waals surface area contributed by atoms with Crippen LogP contribution in [-0.2, 0) is 45.8 Å². The van der Waals surface area contributed by atoms with Gasteiger partial charge >= 0.3 is 0 Å². The summed E-state index contributed by atoms with van der Waals surface area (Å²) in [5.41, 5.74) is -7.02. The molecule has 0 bridgehead atoms. The Morgan fingerprint density at radius 2 is 0.773 bits per heavy atom. The number of carbonyl (C=O) groups is 4. The molecule has 4 aromatic heterocycles. The Labute approximate surface area is 725 Å². The minimum Gasteiger partial charge on any atom is -0.772 e. The van der Waals surface area contributed by atoms with Crippen LogP contribution in [0.3, 0.4) is 0 Å². The number of sulfone groups is 1. The van der Waals surface area contributed by atoms with Crippen molar-refractivity contribution in [2.45, 2.75) is 100 Å². The number of likely N-dealkylation sites (tertiary alicyclic amines) is 1. The summed E-state index contributed by atoms with van der Waals surface area (Å²) in [5.74, 6) is -7.92. The molecular weight excluding hydrogens is 1730 g/mol. The summed E-state index contributed by atoms with van der Waals surface area (Å²) >= 11 is -2.30. The molecule has 5 unspecified atom stereocenters. The standard InChI is InChI=1S/C23H22N4O7S.C19H16N6O5.C18H16N6O9.C18H20N4O7S/c1-3-25(4-2)23(28)21(22-20(27(31)32)14-17(15-24-22)26(29)30)16-10-12-19(13-11-16)35(33,34)18-8-6-5-7-9-18;1-4-23(5-2)19(26)17(15-7-6-13(21-3)8-12(15)10-20)18-16(25(29)30)9-14(11-22-18)24(27)28;25-18(20-6-2-1-3-7-20)16(13-5-4-11(21(26)27)8-14(13)23(30)31)17-15(24(32)33)9-12(10-19-17)22(28)29;1-3-20(4-2)18(23)16(13-7-5-12(6-8-13)11-30(28)29)17-15(22(26)27)9-14(10-19-17)21(24)25/h5-15,21H,3-4H2,1-2H3;6-9,11,17H,4-5H2,1-2H3;4-5,8-10,16H,1-3,6-7H2;5-10,16H,3-4,11H2,1-2H3,(H,28,29)/p-1. The second-order valence-electron chi connectivity index (χ2n) is 26.9. The van der Waals surface area contributed by atoms with Crippen molar-refractivity contribution in [2.24, 2.45) is 0 Å². The van der Waals surface area contributed by atoms with Crippen molar-refractivity contribution in [1.29, 1.82) is 5.26 Å². The molecule has 5 atom stereocenters. The number of aromatic nitrogens is 4. The summed E-state index contributed by atoms with van der Waals surface area (Å²) in [6.45, 7) is 20.1. The fourth-order valence-corrected chi connectivity index (χ4v) is 15.0. The van der Waals surface area contributed by atoms with Crippen molar-refractivity contribution in [2.75, 3.05) is 52.4 Å². The average molecular weight is 1800 g/mol. The number of pyridine rings is 4. The van der Waals surface area contributed by atoms with Crippen LogP contribution in [0.4, 0.5) is 62.6 Å². The number of nitrogens with zero attached hydrogens (tertiary/aromatic N) is 20. The third-order valence-corrected chi connectivity index (χ3v) is 22.0. The molecule has 666 valence electrons. The normalized spacial score (nSPS) is 12.6. The Balaban J connectivity index is 0.000000234. The fraction of sp³-hybridized carbons (Fsp3) is 0.282. The number of benzene rings is 5. The molecule has 5 aromatic carbocycles. The molecule has 48 nitrogen and oxygen atoms in total. The van der Waals surface area contributed by atoms with E-state index >= 15 is 0 Å². The first-order valence-electron chi connectivity index (χ1n) is 37.9. The molecule has 9 aromatic rings. The lowest BCUT2D eigenvalue weighted by Gasteiger charge is -2.30. The zero-order valence-electron chi connectivity index (χ0n) is 68.1. The van der Waals surface area contributed by atoms with Crippen molar-refractivity contribution < 1.29 is 85.6 Å². The van der Waals surface area contributed by atoms with Gasteiger partial charge in [-0.15, -0.1) is 0 Å². The van der Waals surface area contributed by atoms with Gasteiger partial charge in [0.15, 0.2) is 5.69 Å². The summed E-state index contributed by atoms with van der Waals surface area (Å²) in [4.78, 5) is 183. The van der Waals surface area contributed by atoms with Crippen molar-refractivity contribution >= 4 is 107 Å². The number of hydrogen-bond donors (Lipinski definition) is 0. The average Bonchev–Trinajstić information content (AvgIpc) is 0.768. The predicted molar refractivity (Wildman–Crippen MR) is 446 cm³/mol. The van der Waals surface area contributed by atoms with Crippen LogP contribution in [0, 0.1) is 119 Å². The number of nitro groups is 10. The molecule has 128 heavy (non-hydrogen) atoms.